The van der Waals surface area contributed by atoms with Crippen LogP contribution in [0.25, 0.3) is 44.3 Å². The van der Waals surface area contributed by atoms with E-state index in [4.69, 9.17) is 19.2 Å². The van der Waals surface area contributed by atoms with E-state index in [0.29, 0.717) is 35.8 Å². The molecule has 10 heteroatoms. The van der Waals surface area contributed by atoms with Gasteiger partial charge in [-0.15, -0.1) is 0 Å². The van der Waals surface area contributed by atoms with Crippen LogP contribution < -0.4 is 10.1 Å². The van der Waals surface area contributed by atoms with Gasteiger partial charge in [-0.3, -0.25) is 4.79 Å². The SMILES string of the molecule is COc1cc2c(cc1-c1c(C)noc1C)[nH]c1nc(C)nc(-c3cc(C(=O)NC4CCC(O)CC4)[nH]c3C(C)C)c12. The highest BCUT2D eigenvalue weighted by atomic mass is 16.5. The monoisotopic (exact) mass is 556 g/mol. The number of aliphatic hydroxyl groups excluding tert-OH is 1. The summed E-state index contributed by atoms with van der Waals surface area (Å²) >= 11 is 0. The van der Waals surface area contributed by atoms with Gasteiger partial charge in [-0.1, -0.05) is 19.0 Å². The van der Waals surface area contributed by atoms with Crippen molar-refractivity contribution in [2.75, 3.05) is 7.11 Å². The molecule has 5 aromatic rings. The predicted molar refractivity (Wildman–Crippen MR) is 157 cm³/mol. The summed E-state index contributed by atoms with van der Waals surface area (Å²) in [5.74, 6) is 2.00. The average molecular weight is 557 g/mol. The first-order valence-electron chi connectivity index (χ1n) is 14.2. The van der Waals surface area contributed by atoms with Gasteiger partial charge >= 0.3 is 0 Å². The number of nitrogens with one attached hydrogen (secondary N) is 3. The summed E-state index contributed by atoms with van der Waals surface area (Å²) in [5, 5.41) is 18.9. The Bertz CT molecular complexity index is 1750. The molecular formula is C31H36N6O4. The lowest BCUT2D eigenvalue weighted by molar-refractivity contribution is 0.0863. The Morgan fingerprint density at radius 3 is 2.49 bits per heavy atom. The van der Waals surface area contributed by atoms with Gasteiger partial charge in [0, 0.05) is 33.8 Å². The van der Waals surface area contributed by atoms with E-state index < -0.39 is 0 Å². The summed E-state index contributed by atoms with van der Waals surface area (Å²) in [6.45, 7) is 9.87. The second-order valence-corrected chi connectivity index (χ2v) is 11.4. The van der Waals surface area contributed by atoms with Crippen LogP contribution in [0.5, 0.6) is 5.75 Å². The third kappa shape index (κ3) is 4.76. The number of aromatic amines is 2. The Balaban J connectivity index is 1.49. The standard InChI is InChI=1S/C31H36N6O4/c1-14(2)28-22(12-24(35-28)31(39)34-18-7-9-19(38)10-8-18)29-27-20-13-25(40-6)21(26-15(3)37-41-16(26)4)11-23(20)36-30(27)33-17(5)32-29/h11-14,18-19,35,38H,7-10H2,1-6H3,(H,34,39)(H,32,33,36). The number of nitrogens with zero attached hydrogens (tertiary/aromatic N) is 3. The Morgan fingerprint density at radius 2 is 1.83 bits per heavy atom. The summed E-state index contributed by atoms with van der Waals surface area (Å²) in [6, 6.07) is 6.01. The number of aromatic nitrogens is 5. The van der Waals surface area contributed by atoms with Crippen molar-refractivity contribution in [1.82, 2.24) is 30.4 Å². The van der Waals surface area contributed by atoms with Crippen LogP contribution in [0.4, 0.5) is 0 Å². The van der Waals surface area contributed by atoms with Crippen LogP contribution in [0.3, 0.4) is 0 Å². The molecule has 1 fully saturated rings. The average Bonchev–Trinajstić information content (AvgIpc) is 3.63. The van der Waals surface area contributed by atoms with Crippen molar-refractivity contribution in [2.45, 2.75) is 78.4 Å². The molecule has 0 radical (unpaired) electrons. The van der Waals surface area contributed by atoms with Crippen LogP contribution in [0.15, 0.2) is 22.7 Å². The fraction of sp³-hybridized carbons (Fsp3) is 0.419. The number of carbonyl (C=O) groups is 1. The van der Waals surface area contributed by atoms with Crippen molar-refractivity contribution in [3.8, 4) is 28.1 Å². The Morgan fingerprint density at radius 1 is 1.07 bits per heavy atom. The zero-order valence-electron chi connectivity index (χ0n) is 24.3. The van der Waals surface area contributed by atoms with Crippen LogP contribution in [0.2, 0.25) is 0 Å². The van der Waals surface area contributed by atoms with Gasteiger partial charge in [0.15, 0.2) is 0 Å². The van der Waals surface area contributed by atoms with Crippen molar-refractivity contribution >= 4 is 27.8 Å². The van der Waals surface area contributed by atoms with Gasteiger partial charge in [0.2, 0.25) is 0 Å². The third-order valence-corrected chi connectivity index (χ3v) is 8.14. The molecule has 10 nitrogen and oxygen atoms in total. The van der Waals surface area contributed by atoms with E-state index in [9.17, 15) is 9.90 Å². The Labute approximate surface area is 237 Å². The van der Waals surface area contributed by atoms with E-state index in [-0.39, 0.29) is 24.0 Å². The molecule has 0 atom stereocenters. The minimum absolute atomic E-state index is 0.0566. The predicted octanol–water partition coefficient (Wildman–Crippen LogP) is 5.85. The van der Waals surface area contributed by atoms with Gasteiger partial charge in [0.1, 0.15) is 28.7 Å². The van der Waals surface area contributed by atoms with Crippen LogP contribution >= 0.6 is 0 Å². The number of hydrogen-bond donors (Lipinski definition) is 4. The molecule has 0 unspecified atom stereocenters. The largest absolute Gasteiger partial charge is 0.496 e. The maximum absolute atomic E-state index is 13.3. The molecule has 1 saturated carbocycles. The van der Waals surface area contributed by atoms with Crippen molar-refractivity contribution in [3.05, 3.63) is 46.9 Å². The lowest BCUT2D eigenvalue weighted by Gasteiger charge is -2.25. The summed E-state index contributed by atoms with van der Waals surface area (Å²) in [5.41, 5.74) is 7.23. The molecule has 1 aliphatic rings. The highest BCUT2D eigenvalue weighted by molar-refractivity contribution is 6.14. The zero-order valence-corrected chi connectivity index (χ0v) is 24.3. The van der Waals surface area contributed by atoms with E-state index in [2.05, 4.69) is 34.3 Å². The number of fused-ring (bicyclic) bond motifs is 3. The molecule has 0 bridgehead atoms. The Hall–Kier alpha value is -4.18. The van der Waals surface area contributed by atoms with Crippen LogP contribution in [0, 0.1) is 20.8 Å². The molecule has 4 heterocycles. The lowest BCUT2D eigenvalue weighted by atomic mass is 9.93. The normalized spacial score (nSPS) is 17.6. The highest BCUT2D eigenvalue weighted by Gasteiger charge is 2.26. The molecule has 0 saturated heterocycles. The van der Waals surface area contributed by atoms with E-state index in [1.165, 1.54) is 0 Å². The van der Waals surface area contributed by atoms with Crippen molar-refractivity contribution < 1.29 is 19.2 Å². The Kier molecular flexibility index (Phi) is 6.81. The first-order valence-corrected chi connectivity index (χ1v) is 14.2. The zero-order chi connectivity index (χ0) is 29.0. The molecule has 1 amide bonds. The molecule has 0 aliphatic heterocycles. The minimum Gasteiger partial charge on any atom is -0.496 e. The van der Waals surface area contributed by atoms with Gasteiger partial charge in [0.25, 0.3) is 5.91 Å². The van der Waals surface area contributed by atoms with Crippen molar-refractivity contribution in [3.63, 3.8) is 0 Å². The number of benzene rings is 1. The molecule has 41 heavy (non-hydrogen) atoms. The van der Waals surface area contributed by atoms with Gasteiger partial charge < -0.3 is 29.7 Å². The maximum Gasteiger partial charge on any atom is 0.267 e. The number of carbonyl (C=O) groups excluding carboxylic acids is 1. The fourth-order valence-electron chi connectivity index (χ4n) is 6.09. The number of amides is 1. The molecule has 1 aromatic carbocycles. The second-order valence-electron chi connectivity index (χ2n) is 11.4. The van der Waals surface area contributed by atoms with E-state index >= 15 is 0 Å². The number of methoxy groups -OCH3 is 1. The second kappa shape index (κ2) is 10.3. The highest BCUT2D eigenvalue weighted by Crippen LogP contribution is 2.42. The number of rotatable bonds is 6. The van der Waals surface area contributed by atoms with Gasteiger partial charge in [0.05, 0.1) is 35.6 Å². The number of ether oxygens (including phenoxy) is 1. The number of hydrogen-bond acceptors (Lipinski definition) is 7. The first kappa shape index (κ1) is 27.0. The summed E-state index contributed by atoms with van der Waals surface area (Å²) in [6.07, 6.45) is 2.69. The molecule has 0 spiro atoms. The molecule has 214 valence electrons. The van der Waals surface area contributed by atoms with Crippen molar-refractivity contribution in [2.24, 2.45) is 0 Å². The van der Waals surface area contributed by atoms with E-state index in [1.807, 2.05) is 39.0 Å². The van der Waals surface area contributed by atoms with E-state index in [0.717, 1.165) is 68.7 Å². The molecule has 4 N–H and O–H groups in total. The molecule has 4 aromatic heterocycles. The van der Waals surface area contributed by atoms with Crippen LogP contribution in [-0.4, -0.2) is 55.4 Å². The van der Waals surface area contributed by atoms with Crippen LogP contribution in [0.1, 0.15) is 78.9 Å². The van der Waals surface area contributed by atoms with Gasteiger partial charge in [-0.2, -0.15) is 0 Å². The quantitative estimate of drug-likeness (QED) is 0.205. The van der Waals surface area contributed by atoms with Crippen LogP contribution in [-0.2, 0) is 0 Å². The summed E-state index contributed by atoms with van der Waals surface area (Å²) < 4.78 is 11.3. The molecular weight excluding hydrogens is 520 g/mol. The minimum atomic E-state index is -0.272. The molecule has 6 rings (SSSR count). The van der Waals surface area contributed by atoms with Gasteiger partial charge in [-0.05, 0) is 70.6 Å². The number of aliphatic hydroxyl groups is 1. The van der Waals surface area contributed by atoms with E-state index in [1.54, 1.807) is 7.11 Å². The van der Waals surface area contributed by atoms with Crippen molar-refractivity contribution in [1.29, 1.82) is 0 Å². The smallest absolute Gasteiger partial charge is 0.267 e. The molecule has 1 aliphatic carbocycles. The fourth-order valence-corrected chi connectivity index (χ4v) is 6.09. The maximum atomic E-state index is 13.3. The third-order valence-electron chi connectivity index (χ3n) is 8.14. The summed E-state index contributed by atoms with van der Waals surface area (Å²) in [4.78, 5) is 29.8. The first-order chi connectivity index (χ1) is 19.6. The number of aryl methyl sites for hydroxylation is 3. The lowest BCUT2D eigenvalue weighted by Crippen LogP contribution is -2.38. The topological polar surface area (TPSA) is 142 Å². The number of H-pyrrole nitrogens is 2. The summed E-state index contributed by atoms with van der Waals surface area (Å²) in [7, 11) is 1.65. The van der Waals surface area contributed by atoms with Gasteiger partial charge in [-0.25, -0.2) is 9.97 Å².